The van der Waals surface area contributed by atoms with Gasteiger partial charge in [0.2, 0.25) is 0 Å². The number of nitrogens with zero attached hydrogens (tertiary/aromatic N) is 1. The van der Waals surface area contributed by atoms with Crippen LogP contribution in [0.1, 0.15) is 24.0 Å². The van der Waals surface area contributed by atoms with E-state index >= 15 is 0 Å². The molecule has 0 atom stereocenters. The minimum Gasteiger partial charge on any atom is -0.493 e. The lowest BCUT2D eigenvalue weighted by atomic mass is 10.1. The molecule has 0 unspecified atom stereocenters. The first-order valence-electron chi connectivity index (χ1n) is 8.93. The molecule has 0 saturated carbocycles. The minimum absolute atomic E-state index is 0.0181. The molecule has 0 spiro atoms. The number of rotatable bonds is 8. The lowest BCUT2D eigenvalue weighted by molar-refractivity contribution is -0.0512. The second-order valence-corrected chi connectivity index (χ2v) is 6.40. The van der Waals surface area contributed by atoms with E-state index in [1.807, 2.05) is 6.07 Å². The average molecular weight is 380 g/mol. The zero-order valence-electron chi connectivity index (χ0n) is 15.2. The van der Waals surface area contributed by atoms with Crippen molar-refractivity contribution in [2.24, 2.45) is 0 Å². The first-order valence-corrected chi connectivity index (χ1v) is 8.93. The van der Waals surface area contributed by atoms with Crippen molar-refractivity contribution in [3.05, 3.63) is 53.3 Å². The number of halogens is 3. The number of anilines is 1. The van der Waals surface area contributed by atoms with E-state index in [-0.39, 0.29) is 17.3 Å². The van der Waals surface area contributed by atoms with E-state index in [1.165, 1.54) is 19.2 Å². The summed E-state index contributed by atoms with van der Waals surface area (Å²) in [5.41, 5.74) is 2.28. The van der Waals surface area contributed by atoms with Gasteiger partial charge < -0.3 is 19.7 Å². The highest BCUT2D eigenvalue weighted by Gasteiger charge is 2.18. The molecule has 3 rings (SSSR count). The van der Waals surface area contributed by atoms with E-state index in [1.54, 1.807) is 18.2 Å². The Kier molecular flexibility index (Phi) is 6.45. The molecule has 0 bridgehead atoms. The molecule has 1 aliphatic heterocycles. The van der Waals surface area contributed by atoms with Gasteiger partial charge in [-0.25, -0.2) is 4.39 Å². The molecular formula is C20H23F3N2O2. The molecule has 2 aromatic carbocycles. The van der Waals surface area contributed by atoms with Gasteiger partial charge in [-0.2, -0.15) is 8.78 Å². The summed E-state index contributed by atoms with van der Waals surface area (Å²) in [5, 5.41) is 3.19. The molecule has 0 aliphatic carbocycles. The Morgan fingerprint density at radius 1 is 1.07 bits per heavy atom. The quantitative estimate of drug-likeness (QED) is 0.739. The van der Waals surface area contributed by atoms with E-state index in [2.05, 4.69) is 15.0 Å². The van der Waals surface area contributed by atoms with Gasteiger partial charge in [0.15, 0.2) is 11.5 Å². The highest BCUT2D eigenvalue weighted by molar-refractivity contribution is 5.55. The summed E-state index contributed by atoms with van der Waals surface area (Å²) >= 11 is 0. The molecule has 1 aliphatic rings. The SMILES string of the molecule is COc1ccc(CNCc2c(F)cccc2N2CCCC2)cc1OC(F)F. The highest BCUT2D eigenvalue weighted by Crippen LogP contribution is 2.30. The molecule has 7 heteroatoms. The summed E-state index contributed by atoms with van der Waals surface area (Å²) in [6, 6.07) is 9.96. The van der Waals surface area contributed by atoms with Crippen molar-refractivity contribution in [3.63, 3.8) is 0 Å². The van der Waals surface area contributed by atoms with Crippen molar-refractivity contribution in [1.82, 2.24) is 5.32 Å². The Labute approximate surface area is 156 Å². The summed E-state index contributed by atoms with van der Waals surface area (Å²) in [4.78, 5) is 2.20. The Hall–Kier alpha value is -2.41. The largest absolute Gasteiger partial charge is 0.493 e. The third-order valence-electron chi connectivity index (χ3n) is 4.62. The Morgan fingerprint density at radius 3 is 2.56 bits per heavy atom. The van der Waals surface area contributed by atoms with Crippen molar-refractivity contribution in [1.29, 1.82) is 0 Å². The van der Waals surface area contributed by atoms with Crippen molar-refractivity contribution in [2.45, 2.75) is 32.5 Å². The number of ether oxygens (including phenoxy) is 2. The first kappa shape index (κ1) is 19.4. The molecule has 27 heavy (non-hydrogen) atoms. The number of hydrogen-bond donors (Lipinski definition) is 1. The predicted octanol–water partition coefficient (Wildman–Crippen LogP) is 4.33. The number of nitrogens with one attached hydrogen (secondary N) is 1. The average Bonchev–Trinajstić information content (AvgIpc) is 3.17. The summed E-state index contributed by atoms with van der Waals surface area (Å²) in [7, 11) is 1.39. The van der Waals surface area contributed by atoms with Crippen LogP contribution in [0.4, 0.5) is 18.9 Å². The molecule has 0 aromatic heterocycles. The molecule has 2 aromatic rings. The second kappa shape index (κ2) is 8.99. The van der Waals surface area contributed by atoms with Crippen molar-refractivity contribution < 1.29 is 22.6 Å². The summed E-state index contributed by atoms with van der Waals surface area (Å²) < 4.78 is 49.0. The zero-order chi connectivity index (χ0) is 19.2. The number of alkyl halides is 2. The van der Waals surface area contributed by atoms with Crippen molar-refractivity contribution >= 4 is 5.69 Å². The lowest BCUT2D eigenvalue weighted by Crippen LogP contribution is -2.22. The number of methoxy groups -OCH3 is 1. The van der Waals surface area contributed by atoms with Gasteiger partial charge in [0.25, 0.3) is 0 Å². The second-order valence-electron chi connectivity index (χ2n) is 6.40. The minimum atomic E-state index is -2.93. The van der Waals surface area contributed by atoms with Gasteiger partial charge in [-0.3, -0.25) is 0 Å². The van der Waals surface area contributed by atoms with Gasteiger partial charge >= 0.3 is 6.61 Å². The molecule has 4 nitrogen and oxygen atoms in total. The lowest BCUT2D eigenvalue weighted by Gasteiger charge is -2.22. The van der Waals surface area contributed by atoms with Crippen LogP contribution in [-0.4, -0.2) is 26.8 Å². The van der Waals surface area contributed by atoms with E-state index in [0.29, 0.717) is 18.7 Å². The standard InChI is InChI=1S/C20H23F3N2O2/c1-26-18-8-7-14(11-19(18)27-20(22)23)12-24-13-15-16(21)5-4-6-17(15)25-9-2-3-10-25/h4-8,11,20,24H,2-3,9-10,12-13H2,1H3. The Morgan fingerprint density at radius 2 is 1.85 bits per heavy atom. The smallest absolute Gasteiger partial charge is 0.387 e. The molecule has 1 N–H and O–H groups in total. The fraction of sp³-hybridized carbons (Fsp3) is 0.400. The van der Waals surface area contributed by atoms with Crippen LogP contribution >= 0.6 is 0 Å². The predicted molar refractivity (Wildman–Crippen MR) is 98.0 cm³/mol. The fourth-order valence-electron chi connectivity index (χ4n) is 3.33. The maximum absolute atomic E-state index is 14.3. The summed E-state index contributed by atoms with van der Waals surface area (Å²) in [6.07, 6.45) is 2.23. The van der Waals surface area contributed by atoms with E-state index in [4.69, 9.17) is 4.74 Å². The van der Waals surface area contributed by atoms with Crippen molar-refractivity contribution in [3.8, 4) is 11.5 Å². The van der Waals surface area contributed by atoms with Gasteiger partial charge in [-0.15, -0.1) is 0 Å². The maximum atomic E-state index is 14.3. The monoisotopic (exact) mass is 380 g/mol. The van der Waals surface area contributed by atoms with Crippen LogP contribution in [0.25, 0.3) is 0 Å². The van der Waals surface area contributed by atoms with Crippen LogP contribution in [0.2, 0.25) is 0 Å². The van der Waals surface area contributed by atoms with Gasteiger partial charge in [-0.05, 0) is 42.7 Å². The molecule has 1 saturated heterocycles. The highest BCUT2D eigenvalue weighted by atomic mass is 19.3. The van der Waals surface area contributed by atoms with Crippen LogP contribution < -0.4 is 19.7 Å². The Bertz CT molecular complexity index is 765. The van der Waals surface area contributed by atoms with Gasteiger partial charge in [0.05, 0.1) is 7.11 Å². The van der Waals surface area contributed by atoms with Crippen LogP contribution in [0.15, 0.2) is 36.4 Å². The normalized spacial score (nSPS) is 14.0. The summed E-state index contributed by atoms with van der Waals surface area (Å²) in [6.45, 7) is -0.331. The molecule has 146 valence electrons. The fourth-order valence-corrected chi connectivity index (χ4v) is 3.33. The third kappa shape index (κ3) is 4.86. The van der Waals surface area contributed by atoms with Gasteiger partial charge in [-0.1, -0.05) is 12.1 Å². The van der Waals surface area contributed by atoms with E-state index in [9.17, 15) is 13.2 Å². The molecule has 1 fully saturated rings. The van der Waals surface area contributed by atoms with E-state index < -0.39 is 6.61 Å². The third-order valence-corrected chi connectivity index (χ3v) is 4.62. The van der Waals surface area contributed by atoms with Crippen LogP contribution in [-0.2, 0) is 13.1 Å². The zero-order valence-corrected chi connectivity index (χ0v) is 15.2. The molecule has 0 amide bonds. The first-order chi connectivity index (χ1) is 13.1. The number of hydrogen-bond acceptors (Lipinski definition) is 4. The van der Waals surface area contributed by atoms with E-state index in [0.717, 1.165) is 37.2 Å². The number of benzene rings is 2. The Balaban J connectivity index is 1.68. The summed E-state index contributed by atoms with van der Waals surface area (Å²) in [5.74, 6) is -0.0247. The molecule has 1 heterocycles. The van der Waals surface area contributed by atoms with Gasteiger partial charge in [0, 0.05) is 37.4 Å². The molecule has 0 radical (unpaired) electrons. The topological polar surface area (TPSA) is 33.7 Å². The van der Waals surface area contributed by atoms with Crippen LogP contribution in [0.3, 0.4) is 0 Å². The van der Waals surface area contributed by atoms with Crippen LogP contribution in [0.5, 0.6) is 11.5 Å². The van der Waals surface area contributed by atoms with Crippen LogP contribution in [0, 0.1) is 5.82 Å². The maximum Gasteiger partial charge on any atom is 0.387 e. The molecular weight excluding hydrogens is 357 g/mol. The van der Waals surface area contributed by atoms with Crippen molar-refractivity contribution in [2.75, 3.05) is 25.1 Å². The van der Waals surface area contributed by atoms with Gasteiger partial charge in [0.1, 0.15) is 5.82 Å².